The van der Waals surface area contributed by atoms with Crippen LogP contribution in [0, 0.1) is 0 Å². The Morgan fingerprint density at radius 1 is 1.14 bits per heavy atom. The molecule has 112 valence electrons. The van der Waals surface area contributed by atoms with E-state index in [2.05, 4.69) is 21.7 Å². The van der Waals surface area contributed by atoms with E-state index in [0.717, 1.165) is 30.8 Å². The van der Waals surface area contributed by atoms with Gasteiger partial charge < -0.3 is 14.0 Å². The average molecular weight is 307 g/mol. The van der Waals surface area contributed by atoms with E-state index in [0.29, 0.717) is 13.2 Å². The molecule has 1 fully saturated rings. The van der Waals surface area contributed by atoms with Crippen LogP contribution in [0.4, 0.5) is 0 Å². The maximum Gasteiger partial charge on any atom is 0.170 e. The minimum Gasteiger partial charge on any atom is -0.347 e. The lowest BCUT2D eigenvalue weighted by Gasteiger charge is -2.27. The van der Waals surface area contributed by atoms with Crippen LogP contribution in [-0.4, -0.2) is 28.6 Å². The molecule has 0 amide bonds. The number of ether oxygens (including phenoxy) is 2. The zero-order valence-electron chi connectivity index (χ0n) is 11.9. The van der Waals surface area contributed by atoms with Gasteiger partial charge >= 0.3 is 0 Å². The molecule has 0 saturated carbocycles. The number of aryl methyl sites for hydroxylation is 2. The lowest BCUT2D eigenvalue weighted by Crippen LogP contribution is -2.32. The number of rotatable bonds is 6. The third-order valence-corrected chi connectivity index (χ3v) is 4.08. The summed E-state index contributed by atoms with van der Waals surface area (Å²) in [6.45, 7) is 2.19. The van der Waals surface area contributed by atoms with E-state index in [4.69, 9.17) is 21.1 Å². The van der Waals surface area contributed by atoms with Gasteiger partial charge in [-0.25, -0.2) is 4.98 Å². The van der Waals surface area contributed by atoms with E-state index in [1.807, 2.05) is 24.7 Å². The maximum absolute atomic E-state index is 5.92. The molecule has 0 aliphatic carbocycles. The van der Waals surface area contributed by atoms with Crippen molar-refractivity contribution >= 4 is 11.6 Å². The van der Waals surface area contributed by atoms with Gasteiger partial charge in [-0.2, -0.15) is 0 Å². The minimum absolute atomic E-state index is 0.468. The predicted octanol–water partition coefficient (Wildman–Crippen LogP) is 3.30. The molecule has 0 atom stereocenters. The fourth-order valence-electron chi connectivity index (χ4n) is 2.61. The first-order valence-corrected chi connectivity index (χ1v) is 7.62. The zero-order chi connectivity index (χ0) is 14.5. The number of aromatic nitrogens is 2. The van der Waals surface area contributed by atoms with Gasteiger partial charge in [-0.05, 0) is 24.1 Å². The Morgan fingerprint density at radius 2 is 1.90 bits per heavy atom. The molecule has 0 bridgehead atoms. The molecular formula is C16H19ClN2O2. The van der Waals surface area contributed by atoms with Crippen molar-refractivity contribution in [2.24, 2.45) is 0 Å². The molecule has 1 aliphatic rings. The van der Waals surface area contributed by atoms with Crippen LogP contribution < -0.4 is 0 Å². The number of halogens is 1. The van der Waals surface area contributed by atoms with E-state index < -0.39 is 5.79 Å². The summed E-state index contributed by atoms with van der Waals surface area (Å²) >= 11 is 5.92. The summed E-state index contributed by atoms with van der Waals surface area (Å²) in [4.78, 5) is 4.06. The number of hydrogen-bond acceptors (Lipinski definition) is 3. The fraction of sp³-hybridized carbons (Fsp3) is 0.438. The van der Waals surface area contributed by atoms with Crippen LogP contribution in [0.5, 0.6) is 0 Å². The summed E-state index contributed by atoms with van der Waals surface area (Å²) in [5.41, 5.74) is 1.25. The van der Waals surface area contributed by atoms with Crippen LogP contribution >= 0.6 is 11.6 Å². The SMILES string of the molecule is Clc1ccc(CCC2(CCn3ccnc3)OCCO2)cc1. The van der Waals surface area contributed by atoms with Crippen molar-refractivity contribution in [2.75, 3.05) is 13.2 Å². The summed E-state index contributed by atoms with van der Waals surface area (Å²) < 4.78 is 13.9. The van der Waals surface area contributed by atoms with Crippen molar-refractivity contribution < 1.29 is 9.47 Å². The smallest absolute Gasteiger partial charge is 0.170 e. The second kappa shape index (κ2) is 6.60. The van der Waals surface area contributed by atoms with E-state index in [1.54, 1.807) is 6.20 Å². The monoisotopic (exact) mass is 306 g/mol. The molecule has 4 nitrogen and oxygen atoms in total. The van der Waals surface area contributed by atoms with Gasteiger partial charge in [0, 0.05) is 36.8 Å². The molecule has 2 aromatic rings. The third kappa shape index (κ3) is 3.84. The zero-order valence-corrected chi connectivity index (χ0v) is 12.6. The van der Waals surface area contributed by atoms with Gasteiger partial charge in [-0.1, -0.05) is 23.7 Å². The van der Waals surface area contributed by atoms with Crippen LogP contribution in [0.3, 0.4) is 0 Å². The van der Waals surface area contributed by atoms with E-state index in [9.17, 15) is 0 Å². The topological polar surface area (TPSA) is 36.3 Å². The fourth-order valence-corrected chi connectivity index (χ4v) is 2.74. The average Bonchev–Trinajstić information content (AvgIpc) is 3.17. The van der Waals surface area contributed by atoms with Gasteiger partial charge in [0.15, 0.2) is 5.79 Å². The third-order valence-electron chi connectivity index (χ3n) is 3.83. The standard InChI is InChI=1S/C16H19ClN2O2/c17-15-3-1-14(2-4-15)5-6-16(20-11-12-21-16)7-9-19-10-8-18-13-19/h1-4,8,10,13H,5-7,9,11-12H2. The molecule has 0 radical (unpaired) electrons. The molecule has 1 saturated heterocycles. The molecule has 1 aromatic heterocycles. The second-order valence-corrected chi connectivity index (χ2v) is 5.72. The lowest BCUT2D eigenvalue weighted by molar-refractivity contribution is -0.168. The van der Waals surface area contributed by atoms with Crippen molar-refractivity contribution in [1.29, 1.82) is 0 Å². The Kier molecular flexibility index (Phi) is 4.58. The Balaban J connectivity index is 1.59. The highest BCUT2D eigenvalue weighted by Gasteiger charge is 2.35. The number of imidazole rings is 1. The van der Waals surface area contributed by atoms with Gasteiger partial charge in [0.2, 0.25) is 0 Å². The van der Waals surface area contributed by atoms with E-state index in [-0.39, 0.29) is 0 Å². The van der Waals surface area contributed by atoms with Crippen LogP contribution in [0.15, 0.2) is 43.0 Å². The number of hydrogen-bond donors (Lipinski definition) is 0. The van der Waals surface area contributed by atoms with Crippen LogP contribution in [-0.2, 0) is 22.4 Å². The minimum atomic E-state index is -0.468. The van der Waals surface area contributed by atoms with Crippen LogP contribution in [0.1, 0.15) is 18.4 Å². The molecule has 0 N–H and O–H groups in total. The summed E-state index contributed by atoms with van der Waals surface area (Å²) in [5, 5.41) is 0.766. The van der Waals surface area contributed by atoms with Crippen LogP contribution in [0.25, 0.3) is 0 Å². The summed E-state index contributed by atoms with van der Waals surface area (Å²) in [7, 11) is 0. The Hall–Kier alpha value is -1.36. The molecular weight excluding hydrogens is 288 g/mol. The molecule has 1 aliphatic heterocycles. The Labute approximate surface area is 129 Å². The Morgan fingerprint density at radius 3 is 2.57 bits per heavy atom. The highest BCUT2D eigenvalue weighted by Crippen LogP contribution is 2.29. The van der Waals surface area contributed by atoms with Gasteiger partial charge in [0.25, 0.3) is 0 Å². The largest absolute Gasteiger partial charge is 0.347 e. The van der Waals surface area contributed by atoms with Gasteiger partial charge in [0.1, 0.15) is 0 Å². The highest BCUT2D eigenvalue weighted by molar-refractivity contribution is 6.30. The molecule has 0 spiro atoms. The second-order valence-electron chi connectivity index (χ2n) is 5.28. The lowest BCUT2D eigenvalue weighted by atomic mass is 10.0. The summed E-state index contributed by atoms with van der Waals surface area (Å²) in [6.07, 6.45) is 8.17. The molecule has 0 unspecified atom stereocenters. The first-order chi connectivity index (χ1) is 10.3. The molecule has 3 rings (SSSR count). The van der Waals surface area contributed by atoms with Crippen LogP contribution in [0.2, 0.25) is 5.02 Å². The van der Waals surface area contributed by atoms with E-state index in [1.165, 1.54) is 5.56 Å². The Bertz CT molecular complexity index is 548. The van der Waals surface area contributed by atoms with Crippen molar-refractivity contribution in [1.82, 2.24) is 9.55 Å². The van der Waals surface area contributed by atoms with Gasteiger partial charge in [-0.15, -0.1) is 0 Å². The predicted molar refractivity (Wildman–Crippen MR) is 81.3 cm³/mol. The molecule has 5 heteroatoms. The summed E-state index contributed by atoms with van der Waals surface area (Å²) in [6, 6.07) is 7.96. The first kappa shape index (κ1) is 14.6. The van der Waals surface area contributed by atoms with Crippen molar-refractivity contribution in [3.63, 3.8) is 0 Å². The first-order valence-electron chi connectivity index (χ1n) is 7.24. The van der Waals surface area contributed by atoms with Crippen molar-refractivity contribution in [2.45, 2.75) is 31.6 Å². The van der Waals surface area contributed by atoms with E-state index >= 15 is 0 Å². The quantitative estimate of drug-likeness (QED) is 0.821. The summed E-state index contributed by atoms with van der Waals surface area (Å²) in [5.74, 6) is -0.468. The maximum atomic E-state index is 5.92. The molecule has 21 heavy (non-hydrogen) atoms. The molecule has 1 aromatic carbocycles. The number of benzene rings is 1. The van der Waals surface area contributed by atoms with Crippen molar-refractivity contribution in [3.8, 4) is 0 Å². The van der Waals surface area contributed by atoms with Gasteiger partial charge in [-0.3, -0.25) is 0 Å². The molecule has 2 heterocycles. The highest BCUT2D eigenvalue weighted by atomic mass is 35.5. The van der Waals surface area contributed by atoms with Gasteiger partial charge in [0.05, 0.1) is 19.5 Å². The number of nitrogens with zero attached hydrogens (tertiary/aromatic N) is 2. The normalized spacial score (nSPS) is 17.2. The van der Waals surface area contributed by atoms with Crippen molar-refractivity contribution in [3.05, 3.63) is 53.6 Å².